The summed E-state index contributed by atoms with van der Waals surface area (Å²) in [5, 5.41) is 5.03. The first-order chi connectivity index (χ1) is 6.58. The van der Waals surface area contributed by atoms with Crippen molar-refractivity contribution < 1.29 is 0 Å². The molecule has 0 aliphatic heterocycles. The summed E-state index contributed by atoms with van der Waals surface area (Å²) < 4.78 is 1.34. The Hall–Kier alpha value is -0.750. The maximum atomic E-state index is 11.5. The van der Waals surface area contributed by atoms with Crippen molar-refractivity contribution >= 4 is 32.2 Å². The number of aryl methyl sites for hydroxylation is 1. The molecule has 0 aromatic carbocycles. The number of hydrogen-bond donors (Lipinski definition) is 0. The van der Waals surface area contributed by atoms with Gasteiger partial charge in [-0.25, -0.2) is 4.98 Å². The van der Waals surface area contributed by atoms with E-state index in [9.17, 15) is 4.79 Å². The second-order valence-electron chi connectivity index (χ2n) is 2.99. The van der Waals surface area contributed by atoms with Gasteiger partial charge in [0, 0.05) is 11.8 Å². The van der Waals surface area contributed by atoms with Gasteiger partial charge in [-0.15, -0.1) is 0 Å². The van der Waals surface area contributed by atoms with Crippen LogP contribution < -0.4 is 5.56 Å². The smallest absolute Gasteiger partial charge is 0.267 e. The molecule has 0 radical (unpaired) electrons. The fourth-order valence-corrected chi connectivity index (χ4v) is 2.35. The molecule has 1 atom stereocenters. The number of alkyl halides is 1. The Labute approximate surface area is 92.7 Å². The zero-order valence-corrected chi connectivity index (χ0v) is 10.1. The topological polar surface area (TPSA) is 47.3 Å². The fraction of sp³-hybridized carbons (Fsp3) is 0.375. The summed E-state index contributed by atoms with van der Waals surface area (Å²) in [5.41, 5.74) is 0.607. The van der Waals surface area contributed by atoms with Gasteiger partial charge in [0.1, 0.15) is 5.01 Å². The maximum Gasteiger partial charge on any atom is 0.275 e. The van der Waals surface area contributed by atoms with Gasteiger partial charge in [0.15, 0.2) is 0 Å². The summed E-state index contributed by atoms with van der Waals surface area (Å²) in [7, 11) is 0. The fourth-order valence-electron chi connectivity index (χ4n) is 1.10. The number of hydrogen-bond acceptors (Lipinski definition) is 4. The minimum absolute atomic E-state index is 0.122. The first-order valence-electron chi connectivity index (χ1n) is 4.09. The molecule has 2 heterocycles. The number of rotatable bonds is 1. The third-order valence-corrected chi connectivity index (χ3v) is 3.56. The van der Waals surface area contributed by atoms with Crippen LogP contribution in [0, 0.1) is 6.92 Å². The van der Waals surface area contributed by atoms with E-state index in [2.05, 4.69) is 26.0 Å². The lowest BCUT2D eigenvalue weighted by atomic mass is 10.5. The zero-order valence-electron chi connectivity index (χ0n) is 7.69. The summed E-state index contributed by atoms with van der Waals surface area (Å²) in [4.78, 5) is 16.5. The monoisotopic (exact) mass is 273 g/mol. The molecule has 0 saturated carbocycles. The van der Waals surface area contributed by atoms with Crippen LogP contribution in [0.3, 0.4) is 0 Å². The second-order valence-corrected chi connectivity index (χ2v) is 5.35. The Morgan fingerprint density at radius 1 is 1.64 bits per heavy atom. The van der Waals surface area contributed by atoms with Crippen LogP contribution in [0.2, 0.25) is 0 Å². The van der Waals surface area contributed by atoms with Crippen LogP contribution in [0.15, 0.2) is 10.9 Å². The largest absolute Gasteiger partial charge is 0.275 e. The third-order valence-electron chi connectivity index (χ3n) is 1.73. The molecule has 2 rings (SSSR count). The molecule has 6 heteroatoms. The Bertz CT molecular complexity index is 531. The summed E-state index contributed by atoms with van der Waals surface area (Å²) in [6.45, 7) is 3.77. The molecule has 0 aliphatic carbocycles. The molecule has 74 valence electrons. The Morgan fingerprint density at radius 2 is 2.36 bits per heavy atom. The van der Waals surface area contributed by atoms with Gasteiger partial charge in [0.2, 0.25) is 4.96 Å². The van der Waals surface area contributed by atoms with E-state index in [0.29, 0.717) is 4.96 Å². The summed E-state index contributed by atoms with van der Waals surface area (Å²) in [5.74, 6) is 0. The minimum atomic E-state index is -0.122. The summed E-state index contributed by atoms with van der Waals surface area (Å²) in [6.07, 6.45) is 0. The number of nitrogens with zero attached hydrogens (tertiary/aromatic N) is 3. The average Bonchev–Trinajstić information content (AvgIpc) is 2.47. The van der Waals surface area contributed by atoms with E-state index in [-0.39, 0.29) is 10.4 Å². The van der Waals surface area contributed by atoms with Crippen molar-refractivity contribution in [3.63, 3.8) is 0 Å². The Morgan fingerprint density at radius 3 is 3.00 bits per heavy atom. The lowest BCUT2D eigenvalue weighted by Gasteiger charge is -1.91. The van der Waals surface area contributed by atoms with Gasteiger partial charge in [0.05, 0.1) is 4.83 Å². The summed E-state index contributed by atoms with van der Waals surface area (Å²) in [6, 6.07) is 1.48. The first kappa shape index (κ1) is 9.79. The molecule has 0 aliphatic rings. The molecule has 0 spiro atoms. The van der Waals surface area contributed by atoms with E-state index in [4.69, 9.17) is 0 Å². The minimum Gasteiger partial charge on any atom is -0.267 e. The van der Waals surface area contributed by atoms with Crippen LogP contribution in [-0.4, -0.2) is 14.6 Å². The van der Waals surface area contributed by atoms with Crippen LogP contribution in [0.1, 0.15) is 22.5 Å². The van der Waals surface area contributed by atoms with E-state index in [1.165, 1.54) is 21.9 Å². The van der Waals surface area contributed by atoms with Gasteiger partial charge in [-0.1, -0.05) is 27.3 Å². The standard InChI is InChI=1S/C8H8BrN3OS/c1-4-3-6(13)12-8(10-4)14-7(11-12)5(2)9/h3,5H,1-2H3. The van der Waals surface area contributed by atoms with Gasteiger partial charge in [0.25, 0.3) is 5.56 Å². The zero-order chi connectivity index (χ0) is 10.3. The van der Waals surface area contributed by atoms with E-state index >= 15 is 0 Å². The summed E-state index contributed by atoms with van der Waals surface area (Å²) >= 11 is 4.84. The van der Waals surface area contributed by atoms with Gasteiger partial charge >= 0.3 is 0 Å². The van der Waals surface area contributed by atoms with Crippen LogP contribution in [0.25, 0.3) is 4.96 Å². The van der Waals surface area contributed by atoms with Crippen molar-refractivity contribution in [1.82, 2.24) is 14.6 Å². The van der Waals surface area contributed by atoms with E-state index in [0.717, 1.165) is 10.7 Å². The lowest BCUT2D eigenvalue weighted by Crippen LogP contribution is -2.14. The van der Waals surface area contributed by atoms with Crippen LogP contribution in [-0.2, 0) is 0 Å². The third kappa shape index (κ3) is 1.59. The molecule has 0 bridgehead atoms. The molecular formula is C8H8BrN3OS. The molecule has 4 nitrogen and oxygen atoms in total. The van der Waals surface area contributed by atoms with Gasteiger partial charge in [-0.05, 0) is 13.8 Å². The predicted molar refractivity (Wildman–Crippen MR) is 59.2 cm³/mol. The quantitative estimate of drug-likeness (QED) is 0.746. The Kier molecular flexibility index (Phi) is 2.40. The predicted octanol–water partition coefficient (Wildman–Crippen LogP) is 1.92. The molecule has 0 amide bonds. The molecule has 1 unspecified atom stereocenters. The normalized spacial score (nSPS) is 13.4. The van der Waals surface area contributed by atoms with Gasteiger partial charge < -0.3 is 0 Å². The molecular weight excluding hydrogens is 266 g/mol. The van der Waals surface area contributed by atoms with Crippen molar-refractivity contribution in [3.05, 3.63) is 27.1 Å². The second kappa shape index (κ2) is 3.43. The Balaban J connectivity index is 2.77. The van der Waals surface area contributed by atoms with Crippen molar-refractivity contribution in [1.29, 1.82) is 0 Å². The maximum absolute atomic E-state index is 11.5. The average molecular weight is 274 g/mol. The highest BCUT2D eigenvalue weighted by molar-refractivity contribution is 9.09. The molecule has 2 aromatic heterocycles. The highest BCUT2D eigenvalue weighted by atomic mass is 79.9. The molecule has 0 saturated heterocycles. The number of aromatic nitrogens is 3. The van der Waals surface area contributed by atoms with Gasteiger partial charge in [-0.3, -0.25) is 4.79 Å². The number of halogens is 1. The first-order valence-corrected chi connectivity index (χ1v) is 5.82. The van der Waals surface area contributed by atoms with Gasteiger partial charge in [-0.2, -0.15) is 9.61 Å². The molecule has 14 heavy (non-hydrogen) atoms. The highest BCUT2D eigenvalue weighted by Gasteiger charge is 2.10. The van der Waals surface area contributed by atoms with Crippen LogP contribution >= 0.6 is 27.3 Å². The van der Waals surface area contributed by atoms with Crippen molar-refractivity contribution in [2.75, 3.05) is 0 Å². The van der Waals surface area contributed by atoms with Crippen molar-refractivity contribution in [3.8, 4) is 0 Å². The highest BCUT2D eigenvalue weighted by Crippen LogP contribution is 2.25. The SMILES string of the molecule is Cc1cc(=O)n2nc(C(C)Br)sc2n1. The molecule has 0 fully saturated rings. The van der Waals surface area contributed by atoms with Crippen LogP contribution in [0.4, 0.5) is 0 Å². The van der Waals surface area contributed by atoms with Crippen molar-refractivity contribution in [2.24, 2.45) is 0 Å². The van der Waals surface area contributed by atoms with Crippen LogP contribution in [0.5, 0.6) is 0 Å². The van der Waals surface area contributed by atoms with Crippen molar-refractivity contribution in [2.45, 2.75) is 18.7 Å². The molecule has 0 N–H and O–H groups in total. The molecule has 2 aromatic rings. The van der Waals surface area contributed by atoms with E-state index < -0.39 is 0 Å². The van der Waals surface area contributed by atoms with E-state index in [1.54, 1.807) is 6.92 Å². The van der Waals surface area contributed by atoms with E-state index in [1.807, 2.05) is 6.92 Å². The lowest BCUT2D eigenvalue weighted by molar-refractivity contribution is 0.851. The number of fused-ring (bicyclic) bond motifs is 1.